The standard InChI is InChI=1S/C34H28F3N13O7S/c1-15-5-18(8-38-26(15)34(35,36)37)29-43-22(12-58-29)42-23(51)11-47-14-41-28-25(47)31(53)49(32(54)46(28)4)10-20-7-21(57-45-20)17(3)50-27-24(39-13-40-27)30(52)48(33(50)55)9-19-6-16(2)56-44-19/h5-8,12-14,17H,9-11H2,1-4H3,(H,39,40)(H,42,51). The Morgan fingerprint density at radius 2 is 1.67 bits per heavy atom. The van der Waals surface area contributed by atoms with Gasteiger partial charge in [-0.3, -0.25) is 37.6 Å². The highest BCUT2D eigenvalue weighted by atomic mass is 32.1. The number of hydrogen-bond donors (Lipinski definition) is 2. The van der Waals surface area contributed by atoms with Crippen molar-refractivity contribution >= 4 is 45.4 Å². The number of thiazole rings is 1. The second kappa shape index (κ2) is 14.1. The van der Waals surface area contributed by atoms with Crippen LogP contribution in [0.3, 0.4) is 0 Å². The topological polar surface area (TPSA) is 241 Å². The molecule has 0 aliphatic carbocycles. The predicted octanol–water partition coefficient (Wildman–Crippen LogP) is 2.57. The highest BCUT2D eigenvalue weighted by Gasteiger charge is 2.34. The van der Waals surface area contributed by atoms with Crippen LogP contribution in [0.2, 0.25) is 0 Å². The fraction of sp³-hybridized carbons (Fsp3) is 0.265. The Hall–Kier alpha value is -7.24. The van der Waals surface area contributed by atoms with Crippen molar-refractivity contribution in [2.45, 2.75) is 52.6 Å². The van der Waals surface area contributed by atoms with Crippen molar-refractivity contribution in [3.63, 3.8) is 0 Å². The SMILES string of the molecule is Cc1cc(Cn2c(=O)c3[nH]cnc3n(C(C)c3cc(Cn4c(=O)c5c(ncn5CC(=O)Nc5csc(-c6cnc(C(F)(F)F)c(C)c6)n5)n(C)c4=O)no3)c2=O)no1. The number of alkyl halides is 3. The molecule has 1 unspecified atom stereocenters. The van der Waals surface area contributed by atoms with Gasteiger partial charge >= 0.3 is 17.6 Å². The highest BCUT2D eigenvalue weighted by molar-refractivity contribution is 7.13. The molecule has 0 fully saturated rings. The van der Waals surface area contributed by atoms with Crippen LogP contribution in [0.25, 0.3) is 32.9 Å². The number of fused-ring (bicyclic) bond motifs is 2. The molecule has 0 aliphatic rings. The van der Waals surface area contributed by atoms with Crippen LogP contribution < -0.4 is 27.8 Å². The van der Waals surface area contributed by atoms with Gasteiger partial charge in [0.1, 0.15) is 45.7 Å². The van der Waals surface area contributed by atoms with Gasteiger partial charge in [0, 0.05) is 36.3 Å². The summed E-state index contributed by atoms with van der Waals surface area (Å²) in [7, 11) is 1.40. The quantitative estimate of drug-likeness (QED) is 0.202. The number of nitrogens with zero attached hydrogens (tertiary/aromatic N) is 11. The number of pyridine rings is 1. The van der Waals surface area contributed by atoms with Gasteiger partial charge in [0.25, 0.3) is 11.1 Å². The zero-order valence-electron chi connectivity index (χ0n) is 30.6. The van der Waals surface area contributed by atoms with E-state index in [9.17, 15) is 37.1 Å². The predicted molar refractivity (Wildman–Crippen MR) is 197 cm³/mol. The molecule has 24 heteroatoms. The molecule has 0 aromatic carbocycles. The van der Waals surface area contributed by atoms with Crippen molar-refractivity contribution in [2.75, 3.05) is 5.32 Å². The first kappa shape index (κ1) is 37.7. The number of rotatable bonds is 10. The fourth-order valence-corrected chi connectivity index (χ4v) is 7.21. The molecule has 8 aromatic rings. The molecule has 0 spiro atoms. The van der Waals surface area contributed by atoms with Gasteiger partial charge in [-0.1, -0.05) is 10.3 Å². The van der Waals surface area contributed by atoms with Crippen molar-refractivity contribution in [1.29, 1.82) is 0 Å². The highest BCUT2D eigenvalue weighted by Crippen LogP contribution is 2.33. The third kappa shape index (κ3) is 6.61. The number of carbonyl (C=O) groups excluding carboxylic acids is 1. The third-order valence-electron chi connectivity index (χ3n) is 9.22. The van der Waals surface area contributed by atoms with Gasteiger partial charge in [-0.15, -0.1) is 11.3 Å². The Bertz CT molecular complexity index is 3160. The molecule has 0 bridgehead atoms. The summed E-state index contributed by atoms with van der Waals surface area (Å²) in [4.78, 5) is 86.3. The number of aryl methyl sites for hydroxylation is 3. The van der Waals surface area contributed by atoms with Crippen LogP contribution in [0.1, 0.15) is 47.1 Å². The lowest BCUT2D eigenvalue weighted by molar-refractivity contribution is -0.141. The summed E-state index contributed by atoms with van der Waals surface area (Å²) in [6, 6.07) is 3.48. The van der Waals surface area contributed by atoms with Crippen molar-refractivity contribution in [1.82, 2.24) is 58.1 Å². The zero-order valence-corrected chi connectivity index (χ0v) is 31.4. The molecule has 8 aromatic heterocycles. The van der Waals surface area contributed by atoms with E-state index in [1.165, 1.54) is 53.3 Å². The summed E-state index contributed by atoms with van der Waals surface area (Å²) in [6.45, 7) is 3.62. The maximum absolute atomic E-state index is 13.9. The number of H-pyrrole nitrogens is 1. The molecule has 298 valence electrons. The van der Waals surface area contributed by atoms with Crippen LogP contribution in [0.15, 0.2) is 70.7 Å². The molecule has 0 saturated carbocycles. The molecule has 0 radical (unpaired) electrons. The van der Waals surface area contributed by atoms with E-state index in [0.29, 0.717) is 22.0 Å². The molecular formula is C34H28F3N13O7S. The summed E-state index contributed by atoms with van der Waals surface area (Å²) in [5.41, 5.74) is -3.08. The van der Waals surface area contributed by atoms with Crippen LogP contribution >= 0.6 is 11.3 Å². The minimum absolute atomic E-state index is 0.00734. The van der Waals surface area contributed by atoms with Crippen LogP contribution in [0.4, 0.5) is 19.0 Å². The van der Waals surface area contributed by atoms with E-state index in [1.54, 1.807) is 19.9 Å². The number of imidazole rings is 2. The van der Waals surface area contributed by atoms with E-state index in [4.69, 9.17) is 9.05 Å². The molecule has 0 saturated heterocycles. The molecule has 8 heterocycles. The van der Waals surface area contributed by atoms with Gasteiger partial charge in [0.15, 0.2) is 22.6 Å². The normalized spacial score (nSPS) is 12.5. The number of aromatic amines is 1. The largest absolute Gasteiger partial charge is 0.433 e. The third-order valence-corrected chi connectivity index (χ3v) is 10.1. The first-order valence-electron chi connectivity index (χ1n) is 17.1. The summed E-state index contributed by atoms with van der Waals surface area (Å²) in [5.74, 6) is 0.143. The summed E-state index contributed by atoms with van der Waals surface area (Å²) < 4.78 is 55.7. The Labute approximate surface area is 323 Å². The second-order valence-electron chi connectivity index (χ2n) is 13.2. The Balaban J connectivity index is 1.04. The number of hydrogen-bond acceptors (Lipinski definition) is 14. The monoisotopic (exact) mass is 819 g/mol. The lowest BCUT2D eigenvalue weighted by atomic mass is 10.1. The molecule has 1 amide bonds. The van der Waals surface area contributed by atoms with E-state index in [1.807, 2.05) is 0 Å². The number of aromatic nitrogens is 12. The number of amides is 1. The van der Waals surface area contributed by atoms with Gasteiger partial charge in [0.05, 0.1) is 31.8 Å². The van der Waals surface area contributed by atoms with Gasteiger partial charge in [-0.25, -0.2) is 24.5 Å². The zero-order chi connectivity index (χ0) is 41.2. The van der Waals surface area contributed by atoms with Crippen LogP contribution in [-0.4, -0.2) is 64.0 Å². The second-order valence-corrected chi connectivity index (χ2v) is 14.1. The lowest BCUT2D eigenvalue weighted by Crippen LogP contribution is -2.41. The Kier molecular flexibility index (Phi) is 9.13. The van der Waals surface area contributed by atoms with Crippen LogP contribution in [0, 0.1) is 13.8 Å². The van der Waals surface area contributed by atoms with Gasteiger partial charge in [-0.05, 0) is 32.4 Å². The van der Waals surface area contributed by atoms with Crippen molar-refractivity contribution in [3.05, 3.63) is 118 Å². The average molecular weight is 820 g/mol. The minimum Gasteiger partial charge on any atom is -0.361 e. The fourth-order valence-electron chi connectivity index (χ4n) is 6.47. The van der Waals surface area contributed by atoms with Gasteiger partial charge in [-0.2, -0.15) is 13.2 Å². The van der Waals surface area contributed by atoms with E-state index in [2.05, 4.69) is 40.6 Å². The van der Waals surface area contributed by atoms with Crippen molar-refractivity contribution in [2.24, 2.45) is 7.05 Å². The van der Waals surface area contributed by atoms with Gasteiger partial charge < -0.3 is 23.9 Å². The Morgan fingerprint density at radius 3 is 2.38 bits per heavy atom. The van der Waals surface area contributed by atoms with Crippen LogP contribution in [0.5, 0.6) is 0 Å². The summed E-state index contributed by atoms with van der Waals surface area (Å²) >= 11 is 1.08. The first-order chi connectivity index (χ1) is 27.6. The summed E-state index contributed by atoms with van der Waals surface area (Å²) in [5, 5.41) is 12.3. The molecule has 0 aliphatic heterocycles. The minimum atomic E-state index is -4.61. The average Bonchev–Trinajstić information content (AvgIpc) is 4.02. The van der Waals surface area contributed by atoms with Crippen molar-refractivity contribution < 1.29 is 27.0 Å². The summed E-state index contributed by atoms with van der Waals surface area (Å²) in [6.07, 6.45) is -1.05. The lowest BCUT2D eigenvalue weighted by Gasteiger charge is -2.15. The Morgan fingerprint density at radius 1 is 0.948 bits per heavy atom. The molecular weight excluding hydrogens is 792 g/mol. The molecule has 1 atom stereocenters. The maximum Gasteiger partial charge on any atom is 0.433 e. The molecule has 8 rings (SSSR count). The molecule has 2 N–H and O–H groups in total. The van der Waals surface area contributed by atoms with Gasteiger partial charge in [0.2, 0.25) is 5.91 Å². The van der Waals surface area contributed by atoms with Crippen molar-refractivity contribution in [3.8, 4) is 10.6 Å². The van der Waals surface area contributed by atoms with Crippen LogP contribution in [-0.2, 0) is 37.7 Å². The number of nitrogens with one attached hydrogen (secondary N) is 2. The molecule has 58 heavy (non-hydrogen) atoms. The van der Waals surface area contributed by atoms with E-state index in [-0.39, 0.29) is 58.3 Å². The maximum atomic E-state index is 13.9. The van der Waals surface area contributed by atoms with E-state index in [0.717, 1.165) is 31.2 Å². The molecule has 20 nitrogen and oxygen atoms in total. The number of carbonyl (C=O) groups is 1. The van der Waals surface area contributed by atoms with E-state index >= 15 is 0 Å². The number of halogens is 3. The smallest absolute Gasteiger partial charge is 0.361 e. The van der Waals surface area contributed by atoms with E-state index < -0.39 is 52.9 Å². The number of anilines is 1. The first-order valence-corrected chi connectivity index (χ1v) is 18.0.